The van der Waals surface area contributed by atoms with Gasteiger partial charge in [-0.25, -0.2) is 4.79 Å². The van der Waals surface area contributed by atoms with Gasteiger partial charge in [-0.2, -0.15) is 0 Å². The van der Waals surface area contributed by atoms with Crippen molar-refractivity contribution in [2.45, 2.75) is 45.3 Å². The van der Waals surface area contributed by atoms with Gasteiger partial charge in [0.25, 0.3) is 0 Å². The van der Waals surface area contributed by atoms with Gasteiger partial charge in [-0.1, -0.05) is 13.3 Å². The molecule has 0 bridgehead atoms. The van der Waals surface area contributed by atoms with E-state index in [0.717, 1.165) is 6.42 Å². The summed E-state index contributed by atoms with van der Waals surface area (Å²) in [5, 5.41) is 20.5. The lowest BCUT2D eigenvalue weighted by atomic mass is 10.1. The van der Waals surface area contributed by atoms with E-state index in [1.54, 1.807) is 14.0 Å². The molecule has 0 saturated heterocycles. The van der Waals surface area contributed by atoms with Gasteiger partial charge in [0.1, 0.15) is 0 Å². The van der Waals surface area contributed by atoms with E-state index < -0.39 is 12.1 Å². The van der Waals surface area contributed by atoms with Crippen molar-refractivity contribution in [3.8, 4) is 0 Å². The number of rotatable bonds is 7. The molecule has 0 aromatic heterocycles. The van der Waals surface area contributed by atoms with E-state index in [9.17, 15) is 9.59 Å². The third-order valence-corrected chi connectivity index (χ3v) is 2.27. The van der Waals surface area contributed by atoms with Crippen LogP contribution in [0.1, 0.15) is 33.1 Å². The average molecular weight is 246 g/mol. The zero-order chi connectivity index (χ0) is 13.4. The number of urea groups is 1. The number of hydrogen-bond acceptors (Lipinski definition) is 3. The molecular weight excluding hydrogens is 224 g/mol. The molecule has 2 amide bonds. The Labute approximate surface area is 102 Å². The van der Waals surface area contributed by atoms with Crippen LogP contribution in [0.2, 0.25) is 0 Å². The Morgan fingerprint density at radius 3 is 2.41 bits per heavy atom. The molecule has 0 aliphatic carbocycles. The number of amides is 2. The van der Waals surface area contributed by atoms with Crippen molar-refractivity contribution in [3.05, 3.63) is 0 Å². The first-order chi connectivity index (χ1) is 7.86. The van der Waals surface area contributed by atoms with Crippen molar-refractivity contribution in [2.75, 3.05) is 13.6 Å². The van der Waals surface area contributed by atoms with Crippen molar-refractivity contribution in [3.63, 3.8) is 0 Å². The fourth-order valence-electron chi connectivity index (χ4n) is 1.55. The van der Waals surface area contributed by atoms with E-state index >= 15 is 0 Å². The number of carboxylic acid groups (broad SMARTS) is 1. The highest BCUT2D eigenvalue weighted by atomic mass is 16.4. The maximum atomic E-state index is 11.7. The lowest BCUT2D eigenvalue weighted by Gasteiger charge is -2.23. The molecule has 0 fully saturated rings. The molecule has 100 valence electrons. The first-order valence-electron chi connectivity index (χ1n) is 5.78. The first-order valence-corrected chi connectivity index (χ1v) is 5.78. The number of likely N-dealkylation sites (N-methyl/N-ethyl adjacent to an activating group) is 1. The molecule has 0 aliphatic rings. The van der Waals surface area contributed by atoms with Crippen LogP contribution < -0.4 is 5.32 Å². The Hall–Kier alpha value is -1.30. The lowest BCUT2D eigenvalue weighted by molar-refractivity contribution is -0.137. The van der Waals surface area contributed by atoms with Gasteiger partial charge in [-0.05, 0) is 13.3 Å². The van der Waals surface area contributed by atoms with Crippen LogP contribution in [0.3, 0.4) is 0 Å². The summed E-state index contributed by atoms with van der Waals surface area (Å²) in [7, 11) is 1.56. The molecule has 17 heavy (non-hydrogen) atoms. The fourth-order valence-corrected chi connectivity index (χ4v) is 1.55. The minimum atomic E-state index is -0.929. The molecule has 6 nitrogen and oxygen atoms in total. The van der Waals surface area contributed by atoms with E-state index in [0.29, 0.717) is 6.42 Å². The number of nitrogens with zero attached hydrogens (tertiary/aromatic N) is 1. The highest BCUT2D eigenvalue weighted by Gasteiger charge is 2.18. The molecule has 0 aromatic rings. The second-order valence-electron chi connectivity index (χ2n) is 4.26. The zero-order valence-electron chi connectivity index (χ0n) is 10.6. The number of carbonyl (C=O) groups excluding carboxylic acids is 1. The minimum Gasteiger partial charge on any atom is -0.481 e. The molecule has 2 unspecified atom stereocenters. The molecule has 0 heterocycles. The molecule has 2 atom stereocenters. The summed E-state index contributed by atoms with van der Waals surface area (Å²) in [6, 6.07) is -0.716. The second-order valence-corrected chi connectivity index (χ2v) is 4.26. The van der Waals surface area contributed by atoms with Crippen molar-refractivity contribution in [1.82, 2.24) is 10.2 Å². The van der Waals surface area contributed by atoms with Gasteiger partial charge in [0.05, 0.1) is 12.5 Å². The van der Waals surface area contributed by atoms with Crippen LogP contribution in [-0.2, 0) is 4.79 Å². The monoisotopic (exact) mass is 246 g/mol. The number of aliphatic hydroxyl groups is 1. The Morgan fingerprint density at radius 1 is 1.41 bits per heavy atom. The molecule has 0 radical (unpaired) electrons. The molecule has 0 saturated carbocycles. The van der Waals surface area contributed by atoms with Gasteiger partial charge < -0.3 is 20.4 Å². The molecule has 0 aromatic carbocycles. The Kier molecular flexibility index (Phi) is 7.29. The highest BCUT2D eigenvalue weighted by molar-refractivity contribution is 5.75. The van der Waals surface area contributed by atoms with Gasteiger partial charge in [0.15, 0.2) is 0 Å². The predicted molar refractivity (Wildman–Crippen MR) is 63.8 cm³/mol. The van der Waals surface area contributed by atoms with Gasteiger partial charge >= 0.3 is 12.0 Å². The number of carbonyl (C=O) groups is 2. The second kappa shape index (κ2) is 7.89. The van der Waals surface area contributed by atoms with Crippen molar-refractivity contribution in [1.29, 1.82) is 0 Å². The summed E-state index contributed by atoms with van der Waals surface area (Å²) in [6.07, 6.45) is 0.746. The normalized spacial score (nSPS) is 13.9. The molecule has 6 heteroatoms. The number of carboxylic acids is 1. The molecule has 3 N–H and O–H groups in total. The van der Waals surface area contributed by atoms with Gasteiger partial charge in [-0.15, -0.1) is 0 Å². The van der Waals surface area contributed by atoms with Crippen LogP contribution >= 0.6 is 0 Å². The Bertz CT molecular complexity index is 256. The van der Waals surface area contributed by atoms with E-state index in [1.165, 1.54) is 4.90 Å². The Morgan fingerprint density at radius 2 is 2.00 bits per heavy atom. The summed E-state index contributed by atoms with van der Waals surface area (Å²) in [4.78, 5) is 23.6. The van der Waals surface area contributed by atoms with E-state index in [-0.39, 0.29) is 25.0 Å². The number of hydrogen-bond donors (Lipinski definition) is 3. The van der Waals surface area contributed by atoms with Crippen LogP contribution in [0.5, 0.6) is 0 Å². The third kappa shape index (κ3) is 7.57. The Balaban J connectivity index is 4.23. The summed E-state index contributed by atoms with van der Waals surface area (Å²) >= 11 is 0. The van der Waals surface area contributed by atoms with E-state index in [2.05, 4.69) is 5.32 Å². The fraction of sp³-hybridized carbons (Fsp3) is 0.818. The maximum absolute atomic E-state index is 11.7. The predicted octanol–water partition coefficient (Wildman–Crippen LogP) is 0.652. The molecule has 0 spiro atoms. The lowest BCUT2D eigenvalue weighted by Crippen LogP contribution is -2.45. The van der Waals surface area contributed by atoms with Crippen LogP contribution in [0.25, 0.3) is 0 Å². The minimum absolute atomic E-state index is 0.0813. The maximum Gasteiger partial charge on any atom is 0.317 e. The number of aliphatic hydroxyl groups excluding tert-OH is 1. The van der Waals surface area contributed by atoms with Gasteiger partial charge in [-0.3, -0.25) is 4.79 Å². The zero-order valence-corrected chi connectivity index (χ0v) is 10.6. The number of aliphatic carboxylic acids is 1. The van der Waals surface area contributed by atoms with Gasteiger partial charge in [0.2, 0.25) is 0 Å². The van der Waals surface area contributed by atoms with Crippen LogP contribution in [0, 0.1) is 0 Å². The quantitative estimate of drug-likeness (QED) is 0.615. The third-order valence-electron chi connectivity index (χ3n) is 2.27. The van der Waals surface area contributed by atoms with Crippen LogP contribution in [0.15, 0.2) is 0 Å². The standard InChI is InChI=1S/C11H22N2O4/c1-4-5-9(6-10(15)16)12-11(17)13(3)7-8(2)14/h8-9,14H,4-7H2,1-3H3,(H,12,17)(H,15,16). The van der Waals surface area contributed by atoms with Crippen LogP contribution in [0.4, 0.5) is 4.79 Å². The van der Waals surface area contributed by atoms with Crippen LogP contribution in [-0.4, -0.2) is 52.9 Å². The molecular formula is C11H22N2O4. The number of nitrogens with one attached hydrogen (secondary N) is 1. The molecule has 0 rings (SSSR count). The summed E-state index contributed by atoms with van der Waals surface area (Å²) < 4.78 is 0. The summed E-state index contributed by atoms with van der Waals surface area (Å²) in [5.41, 5.74) is 0. The van der Waals surface area contributed by atoms with Crippen molar-refractivity contribution in [2.24, 2.45) is 0 Å². The molecule has 0 aliphatic heterocycles. The topological polar surface area (TPSA) is 89.9 Å². The van der Waals surface area contributed by atoms with Crippen molar-refractivity contribution < 1.29 is 19.8 Å². The van der Waals surface area contributed by atoms with E-state index in [4.69, 9.17) is 10.2 Å². The van der Waals surface area contributed by atoms with Crippen molar-refractivity contribution >= 4 is 12.0 Å². The average Bonchev–Trinajstić information content (AvgIpc) is 2.15. The SMILES string of the molecule is CCCC(CC(=O)O)NC(=O)N(C)CC(C)O. The largest absolute Gasteiger partial charge is 0.481 e. The highest BCUT2D eigenvalue weighted by Crippen LogP contribution is 2.03. The van der Waals surface area contributed by atoms with E-state index in [1.807, 2.05) is 6.92 Å². The smallest absolute Gasteiger partial charge is 0.317 e. The summed E-state index contributed by atoms with van der Waals surface area (Å²) in [6.45, 7) is 3.74. The van der Waals surface area contributed by atoms with Gasteiger partial charge in [0, 0.05) is 19.6 Å². The first kappa shape index (κ1) is 15.7. The summed E-state index contributed by atoms with van der Waals surface area (Å²) in [5.74, 6) is -0.929.